The molecular formula is C14H21N3O3. The third-order valence-corrected chi connectivity index (χ3v) is 3.37. The number of hydrogen-bond donors (Lipinski definition) is 3. The third kappa shape index (κ3) is 3.61. The van der Waals surface area contributed by atoms with E-state index in [1.165, 1.54) is 0 Å². The van der Waals surface area contributed by atoms with Gasteiger partial charge in [0.05, 0.1) is 18.8 Å². The molecule has 6 nitrogen and oxygen atoms in total. The fourth-order valence-electron chi connectivity index (χ4n) is 2.29. The van der Waals surface area contributed by atoms with Crippen molar-refractivity contribution in [2.75, 3.05) is 20.3 Å². The predicted octanol–water partition coefficient (Wildman–Crippen LogP) is 1.06. The van der Waals surface area contributed by atoms with Crippen LogP contribution in [0.1, 0.15) is 24.0 Å². The van der Waals surface area contributed by atoms with Crippen LogP contribution in [-0.4, -0.2) is 37.4 Å². The van der Waals surface area contributed by atoms with Gasteiger partial charge in [-0.05, 0) is 30.5 Å². The van der Waals surface area contributed by atoms with Crippen LogP contribution in [0.2, 0.25) is 0 Å². The van der Waals surface area contributed by atoms with E-state index >= 15 is 0 Å². The monoisotopic (exact) mass is 279 g/mol. The topological polar surface area (TPSA) is 89.1 Å². The number of nitrogens with one attached hydrogen (secondary N) is 1. The molecule has 4 N–H and O–H groups in total. The fraction of sp³-hybridized carbons (Fsp3) is 0.500. The van der Waals surface area contributed by atoms with E-state index in [1.807, 2.05) is 12.1 Å². The Morgan fingerprint density at radius 3 is 3.10 bits per heavy atom. The van der Waals surface area contributed by atoms with Crippen molar-refractivity contribution in [2.45, 2.75) is 25.5 Å². The van der Waals surface area contributed by atoms with Crippen LogP contribution >= 0.6 is 0 Å². The molecule has 0 amide bonds. The van der Waals surface area contributed by atoms with Gasteiger partial charge in [-0.25, -0.2) is 0 Å². The average Bonchev–Trinajstić information content (AvgIpc) is 2.99. The summed E-state index contributed by atoms with van der Waals surface area (Å²) in [5.41, 5.74) is 7.25. The molecule has 2 rings (SSSR count). The zero-order valence-corrected chi connectivity index (χ0v) is 11.6. The quantitative estimate of drug-likeness (QED) is 0.313. The lowest BCUT2D eigenvalue weighted by atomic mass is 10.1. The lowest BCUT2D eigenvalue weighted by Gasteiger charge is -2.12. The molecule has 20 heavy (non-hydrogen) atoms. The zero-order valence-electron chi connectivity index (χ0n) is 11.6. The normalized spacial score (nSPS) is 19.2. The maximum absolute atomic E-state index is 8.72. The minimum atomic E-state index is 0.0423. The van der Waals surface area contributed by atoms with Gasteiger partial charge in [-0.3, -0.25) is 0 Å². The number of amidine groups is 1. The molecule has 1 aliphatic rings. The Bertz CT molecular complexity index is 471. The van der Waals surface area contributed by atoms with E-state index in [2.05, 4.69) is 10.5 Å². The molecule has 1 atom stereocenters. The summed E-state index contributed by atoms with van der Waals surface area (Å²) in [5.74, 6) is 0.637. The second kappa shape index (κ2) is 7.12. The number of hydrogen-bond acceptors (Lipinski definition) is 5. The summed E-state index contributed by atoms with van der Waals surface area (Å²) in [7, 11) is 1.56. The summed E-state index contributed by atoms with van der Waals surface area (Å²) in [5, 5.41) is 15.1. The summed E-state index contributed by atoms with van der Waals surface area (Å²) >= 11 is 0. The molecule has 0 saturated carbocycles. The van der Waals surface area contributed by atoms with Crippen LogP contribution < -0.4 is 15.8 Å². The highest BCUT2D eigenvalue weighted by Gasteiger charge is 2.14. The van der Waals surface area contributed by atoms with Gasteiger partial charge in [-0.1, -0.05) is 11.2 Å². The Labute approximate surface area is 118 Å². The number of benzene rings is 1. The van der Waals surface area contributed by atoms with E-state index in [9.17, 15) is 0 Å². The number of oxime groups is 1. The van der Waals surface area contributed by atoms with Crippen molar-refractivity contribution in [3.63, 3.8) is 0 Å². The number of rotatable bonds is 6. The molecule has 110 valence electrons. The van der Waals surface area contributed by atoms with E-state index in [0.717, 1.165) is 38.1 Å². The van der Waals surface area contributed by atoms with Crippen LogP contribution in [0, 0.1) is 0 Å². The summed E-state index contributed by atoms with van der Waals surface area (Å²) in [4.78, 5) is 0. The van der Waals surface area contributed by atoms with Gasteiger partial charge in [-0.2, -0.15) is 0 Å². The summed E-state index contributed by atoms with van der Waals surface area (Å²) < 4.78 is 10.8. The molecule has 1 saturated heterocycles. The second-order valence-corrected chi connectivity index (χ2v) is 4.79. The molecule has 0 aliphatic carbocycles. The van der Waals surface area contributed by atoms with Gasteiger partial charge in [0.1, 0.15) is 5.75 Å². The number of nitrogens with two attached hydrogens (primary N) is 1. The Balaban J connectivity index is 1.94. The molecule has 1 fully saturated rings. The fourth-order valence-corrected chi connectivity index (χ4v) is 2.29. The molecule has 1 aromatic rings. The number of methoxy groups -OCH3 is 1. The van der Waals surface area contributed by atoms with Gasteiger partial charge in [-0.15, -0.1) is 0 Å². The Morgan fingerprint density at radius 1 is 1.60 bits per heavy atom. The first-order valence-electron chi connectivity index (χ1n) is 6.71. The Kier molecular flexibility index (Phi) is 5.20. The highest BCUT2D eigenvalue weighted by Crippen LogP contribution is 2.20. The zero-order chi connectivity index (χ0) is 14.4. The maximum atomic E-state index is 8.72. The van der Waals surface area contributed by atoms with Gasteiger partial charge >= 0.3 is 0 Å². The summed E-state index contributed by atoms with van der Waals surface area (Å²) in [6, 6.07) is 5.60. The number of nitrogens with zero attached hydrogens (tertiary/aromatic N) is 1. The largest absolute Gasteiger partial charge is 0.496 e. The first kappa shape index (κ1) is 14.6. The van der Waals surface area contributed by atoms with Crippen molar-refractivity contribution in [1.82, 2.24) is 5.32 Å². The summed E-state index contributed by atoms with van der Waals surface area (Å²) in [6.07, 6.45) is 2.60. The number of ether oxygens (including phenoxy) is 2. The Morgan fingerprint density at radius 2 is 2.45 bits per heavy atom. The highest BCUT2D eigenvalue weighted by molar-refractivity contribution is 5.99. The van der Waals surface area contributed by atoms with Crippen LogP contribution in [0.15, 0.2) is 23.4 Å². The maximum Gasteiger partial charge on any atom is 0.173 e. The van der Waals surface area contributed by atoms with Gasteiger partial charge in [0.15, 0.2) is 5.84 Å². The average molecular weight is 279 g/mol. The predicted molar refractivity (Wildman–Crippen MR) is 76.2 cm³/mol. The van der Waals surface area contributed by atoms with E-state index in [-0.39, 0.29) is 5.84 Å². The van der Waals surface area contributed by atoms with Crippen LogP contribution in [0.25, 0.3) is 0 Å². The summed E-state index contributed by atoms with van der Waals surface area (Å²) in [6.45, 7) is 2.45. The van der Waals surface area contributed by atoms with E-state index < -0.39 is 0 Å². The van der Waals surface area contributed by atoms with Crippen LogP contribution in [0.3, 0.4) is 0 Å². The second-order valence-electron chi connectivity index (χ2n) is 4.79. The van der Waals surface area contributed by atoms with Gasteiger partial charge in [0.2, 0.25) is 0 Å². The van der Waals surface area contributed by atoms with Crippen molar-refractivity contribution in [1.29, 1.82) is 0 Å². The van der Waals surface area contributed by atoms with Crippen LogP contribution in [0.5, 0.6) is 5.75 Å². The van der Waals surface area contributed by atoms with Crippen molar-refractivity contribution in [3.05, 3.63) is 29.3 Å². The molecule has 0 aromatic heterocycles. The molecule has 1 unspecified atom stereocenters. The third-order valence-electron chi connectivity index (χ3n) is 3.37. The van der Waals surface area contributed by atoms with Crippen molar-refractivity contribution in [3.8, 4) is 5.75 Å². The lowest BCUT2D eigenvalue weighted by Crippen LogP contribution is -2.25. The minimum Gasteiger partial charge on any atom is -0.496 e. The van der Waals surface area contributed by atoms with Gasteiger partial charge in [0, 0.05) is 19.7 Å². The Hall–Kier alpha value is -1.79. The van der Waals surface area contributed by atoms with E-state index in [1.54, 1.807) is 13.2 Å². The standard InChI is InChI=1S/C14H21N3O3/c1-19-13-7-10(4-5-12(13)14(15)17-18)8-16-9-11-3-2-6-20-11/h4-5,7,11,16,18H,2-3,6,8-9H2,1H3,(H2,15,17). The smallest absolute Gasteiger partial charge is 0.173 e. The van der Waals surface area contributed by atoms with Gasteiger partial charge < -0.3 is 25.7 Å². The van der Waals surface area contributed by atoms with Crippen LogP contribution in [-0.2, 0) is 11.3 Å². The van der Waals surface area contributed by atoms with E-state index in [4.69, 9.17) is 20.4 Å². The van der Waals surface area contributed by atoms with Crippen LogP contribution in [0.4, 0.5) is 0 Å². The van der Waals surface area contributed by atoms with Crippen molar-refractivity contribution < 1.29 is 14.7 Å². The van der Waals surface area contributed by atoms with Gasteiger partial charge in [0.25, 0.3) is 0 Å². The molecule has 0 spiro atoms. The first-order chi connectivity index (χ1) is 9.74. The van der Waals surface area contributed by atoms with Crippen molar-refractivity contribution in [2.24, 2.45) is 10.9 Å². The SMILES string of the molecule is COc1cc(CNCC2CCCO2)ccc1/C(N)=N/O. The molecule has 6 heteroatoms. The molecule has 0 radical (unpaired) electrons. The lowest BCUT2D eigenvalue weighted by molar-refractivity contribution is 0.110. The molecule has 1 heterocycles. The minimum absolute atomic E-state index is 0.0423. The molecule has 1 aliphatic heterocycles. The molecular weight excluding hydrogens is 258 g/mol. The van der Waals surface area contributed by atoms with E-state index in [0.29, 0.717) is 17.4 Å². The van der Waals surface area contributed by atoms with Crippen molar-refractivity contribution >= 4 is 5.84 Å². The molecule has 1 aromatic carbocycles. The first-order valence-corrected chi connectivity index (χ1v) is 6.71. The highest BCUT2D eigenvalue weighted by atomic mass is 16.5. The molecule has 0 bridgehead atoms.